The normalized spacial score (nSPS) is 9.38. The Balaban J connectivity index is 0.000000304. The van der Waals surface area contributed by atoms with Gasteiger partial charge in [0.15, 0.2) is 0 Å². The summed E-state index contributed by atoms with van der Waals surface area (Å²) >= 11 is 0. The minimum absolute atomic E-state index is 0.141. The first-order valence-corrected chi connectivity index (χ1v) is 5.38. The zero-order valence-electron chi connectivity index (χ0n) is 10.2. The number of rotatable bonds is 3. The number of hydrogen-bond donors (Lipinski definition) is 1. The Hall–Kier alpha value is -2.64. The molecule has 0 fully saturated rings. The van der Waals surface area contributed by atoms with Gasteiger partial charge < -0.3 is 4.84 Å². The van der Waals surface area contributed by atoms with Gasteiger partial charge in [0.1, 0.15) is 0 Å². The highest BCUT2D eigenvalue weighted by molar-refractivity contribution is 5.45. The van der Waals surface area contributed by atoms with Crippen molar-refractivity contribution in [2.45, 2.75) is 0 Å². The Morgan fingerprint density at radius 1 is 0.714 bits per heavy atom. The summed E-state index contributed by atoms with van der Waals surface area (Å²) in [4.78, 5) is 13.5. The van der Waals surface area contributed by atoms with Crippen LogP contribution in [0.25, 0.3) is 0 Å². The molecule has 8 heteroatoms. The summed E-state index contributed by atoms with van der Waals surface area (Å²) in [5.74, 6) is -12.5. The largest absolute Gasteiger partial charge is 0.373 e. The fourth-order valence-corrected chi connectivity index (χ4v) is 1.14. The molecular weight excluding hydrogens is 297 g/mol. The lowest BCUT2D eigenvalue weighted by Crippen LogP contribution is -2.19. The van der Waals surface area contributed by atoms with Crippen LogP contribution in [0, 0.1) is 29.1 Å². The molecule has 0 saturated heterocycles. The summed E-state index contributed by atoms with van der Waals surface area (Å²) in [6.45, 7) is 0. The van der Waals surface area contributed by atoms with Crippen LogP contribution >= 0.6 is 0 Å². The van der Waals surface area contributed by atoms with Crippen LogP contribution in [0.2, 0.25) is 0 Å². The number of amides is 1. The molecule has 1 N–H and O–H groups in total. The molecule has 0 aromatic heterocycles. The third kappa shape index (κ3) is 4.16. The van der Waals surface area contributed by atoms with Crippen molar-refractivity contribution in [2.75, 3.05) is 0 Å². The second-order valence-electron chi connectivity index (χ2n) is 3.39. The van der Waals surface area contributed by atoms with Crippen LogP contribution in [0.5, 0.6) is 5.75 Å². The summed E-state index contributed by atoms with van der Waals surface area (Å²) in [7, 11) is 0. The summed E-state index contributed by atoms with van der Waals surface area (Å²) in [5, 5.41) is 0. The SMILES string of the molecule is O=CNOc1c(F)c(F)c(F)c(F)c1F.c1ccccc1. The lowest BCUT2D eigenvalue weighted by atomic mass is 10.3. The van der Waals surface area contributed by atoms with Gasteiger partial charge in [0.2, 0.25) is 41.2 Å². The average molecular weight is 305 g/mol. The molecule has 0 unspecified atom stereocenters. The molecule has 2 aromatic rings. The summed E-state index contributed by atoms with van der Waals surface area (Å²) in [5.41, 5.74) is 1.30. The van der Waals surface area contributed by atoms with Gasteiger partial charge in [-0.1, -0.05) is 36.4 Å². The molecule has 3 nitrogen and oxygen atoms in total. The van der Waals surface area contributed by atoms with Crippen LogP contribution in [-0.2, 0) is 4.79 Å². The Labute approximate surface area is 115 Å². The minimum atomic E-state index is -2.30. The molecule has 0 bridgehead atoms. The van der Waals surface area contributed by atoms with Crippen molar-refractivity contribution in [3.05, 3.63) is 65.5 Å². The van der Waals surface area contributed by atoms with Gasteiger partial charge in [-0.15, -0.1) is 0 Å². The van der Waals surface area contributed by atoms with Crippen molar-refractivity contribution in [3.63, 3.8) is 0 Å². The van der Waals surface area contributed by atoms with E-state index in [1.807, 2.05) is 36.4 Å². The Bertz CT molecular complexity index is 552. The van der Waals surface area contributed by atoms with Crippen molar-refractivity contribution in [1.82, 2.24) is 5.48 Å². The maximum atomic E-state index is 12.7. The van der Waals surface area contributed by atoms with Gasteiger partial charge in [-0.3, -0.25) is 4.79 Å². The van der Waals surface area contributed by atoms with E-state index in [2.05, 4.69) is 4.84 Å². The van der Waals surface area contributed by atoms with Crippen LogP contribution in [0.4, 0.5) is 22.0 Å². The molecule has 2 aromatic carbocycles. The van der Waals surface area contributed by atoms with E-state index in [-0.39, 0.29) is 6.41 Å². The second-order valence-corrected chi connectivity index (χ2v) is 3.39. The molecule has 2 rings (SSSR count). The van der Waals surface area contributed by atoms with Crippen LogP contribution in [0.15, 0.2) is 36.4 Å². The highest BCUT2D eigenvalue weighted by Crippen LogP contribution is 2.28. The third-order valence-corrected chi connectivity index (χ3v) is 2.05. The summed E-state index contributed by atoms with van der Waals surface area (Å²) in [6, 6.07) is 12.0. The summed E-state index contributed by atoms with van der Waals surface area (Å²) < 4.78 is 62.8. The van der Waals surface area contributed by atoms with E-state index in [1.165, 1.54) is 5.48 Å². The lowest BCUT2D eigenvalue weighted by Gasteiger charge is -2.07. The molecule has 21 heavy (non-hydrogen) atoms. The quantitative estimate of drug-likeness (QED) is 0.311. The van der Waals surface area contributed by atoms with E-state index in [0.29, 0.717) is 0 Å². The zero-order valence-corrected chi connectivity index (χ0v) is 10.2. The second kappa shape index (κ2) is 7.83. The maximum Gasteiger partial charge on any atom is 0.239 e. The fourth-order valence-electron chi connectivity index (χ4n) is 1.14. The van der Waals surface area contributed by atoms with Gasteiger partial charge >= 0.3 is 0 Å². The number of carbonyl (C=O) groups is 1. The van der Waals surface area contributed by atoms with E-state index in [1.54, 1.807) is 0 Å². The smallest absolute Gasteiger partial charge is 0.239 e. The molecule has 1 amide bonds. The van der Waals surface area contributed by atoms with Gasteiger partial charge in [-0.25, -0.2) is 13.2 Å². The van der Waals surface area contributed by atoms with E-state index >= 15 is 0 Å². The van der Waals surface area contributed by atoms with Crippen molar-refractivity contribution in [2.24, 2.45) is 0 Å². The van der Waals surface area contributed by atoms with Crippen LogP contribution in [0.1, 0.15) is 0 Å². The highest BCUT2D eigenvalue weighted by Gasteiger charge is 2.27. The number of hydroxylamine groups is 1. The number of benzene rings is 2. The van der Waals surface area contributed by atoms with Crippen LogP contribution < -0.4 is 10.3 Å². The molecule has 0 aliphatic carbocycles. The minimum Gasteiger partial charge on any atom is -0.373 e. The van der Waals surface area contributed by atoms with Crippen molar-refractivity contribution >= 4 is 6.41 Å². The van der Waals surface area contributed by atoms with E-state index in [9.17, 15) is 26.7 Å². The van der Waals surface area contributed by atoms with Crippen molar-refractivity contribution < 1.29 is 31.6 Å². The fraction of sp³-hybridized carbons (Fsp3) is 0. The van der Waals surface area contributed by atoms with Gasteiger partial charge in [0, 0.05) is 0 Å². The molecule has 0 radical (unpaired) electrons. The first-order valence-electron chi connectivity index (χ1n) is 5.38. The monoisotopic (exact) mass is 305 g/mol. The third-order valence-electron chi connectivity index (χ3n) is 2.05. The first kappa shape index (κ1) is 16.4. The average Bonchev–Trinajstić information content (AvgIpc) is 2.53. The molecule has 0 atom stereocenters. The molecular formula is C13H8F5NO2. The van der Waals surface area contributed by atoms with Gasteiger partial charge in [0.25, 0.3) is 0 Å². The van der Waals surface area contributed by atoms with Crippen LogP contribution in [0.3, 0.4) is 0 Å². The predicted octanol–water partition coefficient (Wildman–Crippen LogP) is 3.11. The molecule has 0 heterocycles. The van der Waals surface area contributed by atoms with E-state index in [0.717, 1.165) is 0 Å². The summed E-state index contributed by atoms with van der Waals surface area (Å²) in [6.07, 6.45) is -0.141. The number of carbonyl (C=O) groups excluding carboxylic acids is 1. The molecule has 0 aliphatic rings. The Morgan fingerprint density at radius 3 is 1.38 bits per heavy atom. The zero-order chi connectivity index (χ0) is 15.8. The van der Waals surface area contributed by atoms with E-state index < -0.39 is 34.8 Å². The molecule has 0 saturated carbocycles. The highest BCUT2D eigenvalue weighted by atomic mass is 19.2. The molecule has 0 spiro atoms. The molecule has 112 valence electrons. The number of nitrogens with one attached hydrogen (secondary N) is 1. The van der Waals surface area contributed by atoms with E-state index in [4.69, 9.17) is 0 Å². The Morgan fingerprint density at radius 2 is 1.05 bits per heavy atom. The van der Waals surface area contributed by atoms with Gasteiger partial charge in [-0.2, -0.15) is 14.3 Å². The standard InChI is InChI=1S/C7H2F5NO2.C6H6/c8-2-3(9)5(11)7(15-13-1-14)6(12)4(2)10;1-2-4-6-5-3-1/h1H,(H,13,14);1-6H. The van der Waals surface area contributed by atoms with Crippen LogP contribution in [-0.4, -0.2) is 6.41 Å². The Kier molecular flexibility index (Phi) is 6.12. The number of hydrogen-bond acceptors (Lipinski definition) is 2. The topological polar surface area (TPSA) is 38.3 Å². The van der Waals surface area contributed by atoms with Gasteiger partial charge in [0.05, 0.1) is 0 Å². The number of halogens is 5. The predicted molar refractivity (Wildman–Crippen MR) is 62.5 cm³/mol. The first-order chi connectivity index (χ1) is 10.0. The van der Waals surface area contributed by atoms with Gasteiger partial charge in [-0.05, 0) is 0 Å². The molecule has 0 aliphatic heterocycles. The van der Waals surface area contributed by atoms with Crippen molar-refractivity contribution in [3.8, 4) is 5.75 Å². The van der Waals surface area contributed by atoms with Crippen molar-refractivity contribution in [1.29, 1.82) is 0 Å². The lowest BCUT2D eigenvalue weighted by molar-refractivity contribution is -0.115. The maximum absolute atomic E-state index is 12.7.